The van der Waals surface area contributed by atoms with Crippen molar-refractivity contribution in [1.29, 1.82) is 0 Å². The maximum atomic E-state index is 12.7. The van der Waals surface area contributed by atoms with Gasteiger partial charge in [-0.25, -0.2) is 4.79 Å². The van der Waals surface area contributed by atoms with Crippen molar-refractivity contribution in [2.75, 3.05) is 14.2 Å². The van der Waals surface area contributed by atoms with Crippen LogP contribution in [0.5, 0.6) is 23.0 Å². The van der Waals surface area contributed by atoms with Crippen LogP contribution in [-0.4, -0.2) is 36.4 Å². The molecular formula is C24H30O8. The van der Waals surface area contributed by atoms with Gasteiger partial charge in [0.2, 0.25) is 0 Å². The zero-order valence-corrected chi connectivity index (χ0v) is 19.2. The molecule has 0 saturated carbocycles. The summed E-state index contributed by atoms with van der Waals surface area (Å²) < 4.78 is 21.9. The van der Waals surface area contributed by atoms with Gasteiger partial charge in [0.15, 0.2) is 11.5 Å². The molecular weight excluding hydrogens is 416 g/mol. The molecule has 8 nitrogen and oxygen atoms in total. The Morgan fingerprint density at radius 3 is 2.34 bits per heavy atom. The molecule has 0 amide bonds. The molecule has 0 aromatic heterocycles. The number of ether oxygens (including phenoxy) is 4. The number of esters is 2. The number of aryl methyl sites for hydroxylation is 1. The van der Waals surface area contributed by atoms with E-state index in [0.717, 1.165) is 5.56 Å². The Labute approximate surface area is 187 Å². The average Bonchev–Trinajstić information content (AvgIpc) is 2.77. The second-order valence-corrected chi connectivity index (χ2v) is 7.50. The quantitative estimate of drug-likeness (QED) is 0.544. The van der Waals surface area contributed by atoms with E-state index >= 15 is 0 Å². The van der Waals surface area contributed by atoms with Crippen molar-refractivity contribution in [3.05, 3.63) is 46.5 Å². The Morgan fingerprint density at radius 1 is 1.12 bits per heavy atom. The number of methoxy groups -OCH3 is 2. The third-order valence-electron chi connectivity index (χ3n) is 5.18. The number of hydrogen-bond donors (Lipinski definition) is 2. The lowest BCUT2D eigenvalue weighted by molar-refractivity contribution is -0.149. The van der Waals surface area contributed by atoms with Crippen LogP contribution in [0.4, 0.5) is 0 Å². The Balaban J connectivity index is 2.72. The second kappa shape index (κ2) is 10.9. The number of benzene rings is 2. The number of aliphatic hydroxyl groups is 1. The van der Waals surface area contributed by atoms with E-state index in [0.29, 0.717) is 17.5 Å². The number of phenolic OH excluding ortho intramolecular Hbond substituents is 1. The number of phenols is 1. The van der Waals surface area contributed by atoms with Crippen molar-refractivity contribution in [2.45, 2.75) is 46.8 Å². The first kappa shape index (κ1) is 25.0. The SMILES string of the molecule is CC[C@@H](C)[C@H](OC(C)=O)c1ccc(Oc2c(O)cc(C)cc2CO)c(C(=O)OC)c1OC. The summed E-state index contributed by atoms with van der Waals surface area (Å²) in [6, 6.07) is 6.31. The minimum Gasteiger partial charge on any atom is -0.504 e. The van der Waals surface area contributed by atoms with Crippen LogP contribution in [0.2, 0.25) is 0 Å². The van der Waals surface area contributed by atoms with E-state index in [-0.39, 0.29) is 41.1 Å². The molecule has 2 atom stereocenters. The summed E-state index contributed by atoms with van der Waals surface area (Å²) in [5.41, 5.74) is 1.54. The molecule has 32 heavy (non-hydrogen) atoms. The van der Waals surface area contributed by atoms with Crippen LogP contribution in [0.3, 0.4) is 0 Å². The highest BCUT2D eigenvalue weighted by molar-refractivity contribution is 5.96. The largest absolute Gasteiger partial charge is 0.504 e. The molecule has 8 heteroatoms. The number of aliphatic hydroxyl groups excluding tert-OH is 1. The number of carbonyl (C=O) groups excluding carboxylic acids is 2. The molecule has 0 unspecified atom stereocenters. The molecule has 2 rings (SSSR count). The van der Waals surface area contributed by atoms with Gasteiger partial charge in [-0.1, -0.05) is 13.8 Å². The Morgan fingerprint density at radius 2 is 1.81 bits per heavy atom. The third-order valence-corrected chi connectivity index (χ3v) is 5.18. The van der Waals surface area contributed by atoms with Gasteiger partial charge in [0.05, 0.1) is 20.8 Å². The van der Waals surface area contributed by atoms with Crippen LogP contribution in [0.25, 0.3) is 0 Å². The van der Waals surface area contributed by atoms with Gasteiger partial charge in [-0.2, -0.15) is 0 Å². The van der Waals surface area contributed by atoms with E-state index in [9.17, 15) is 19.8 Å². The van der Waals surface area contributed by atoms with Gasteiger partial charge in [0, 0.05) is 18.1 Å². The molecule has 0 aliphatic heterocycles. The lowest BCUT2D eigenvalue weighted by atomic mass is 9.92. The molecule has 0 saturated heterocycles. The molecule has 0 aliphatic carbocycles. The molecule has 0 radical (unpaired) electrons. The fourth-order valence-electron chi connectivity index (χ4n) is 3.46. The van der Waals surface area contributed by atoms with Crippen LogP contribution < -0.4 is 9.47 Å². The monoisotopic (exact) mass is 446 g/mol. The van der Waals surface area contributed by atoms with Crippen molar-refractivity contribution in [2.24, 2.45) is 5.92 Å². The minimum absolute atomic E-state index is 0.0107. The summed E-state index contributed by atoms with van der Waals surface area (Å²) in [6.45, 7) is 6.59. The molecule has 0 aliphatic rings. The standard InChI is InChI=1S/C24H30O8/c1-7-14(3)21(31-15(4)26)17-8-9-19(20(23(17)29-5)24(28)30-6)32-22-16(12-25)10-13(2)11-18(22)27/h8-11,14,21,25,27H,7,12H2,1-6H3/t14-,21+/m1/s1. The highest BCUT2D eigenvalue weighted by atomic mass is 16.5. The smallest absolute Gasteiger partial charge is 0.345 e. The summed E-state index contributed by atoms with van der Waals surface area (Å²) in [6.07, 6.45) is 0.0509. The summed E-state index contributed by atoms with van der Waals surface area (Å²) in [7, 11) is 2.61. The van der Waals surface area contributed by atoms with Crippen molar-refractivity contribution in [3.8, 4) is 23.0 Å². The third kappa shape index (κ3) is 5.31. The maximum Gasteiger partial charge on any atom is 0.345 e. The van der Waals surface area contributed by atoms with Crippen LogP contribution in [0.1, 0.15) is 60.3 Å². The highest BCUT2D eigenvalue weighted by Crippen LogP contribution is 2.44. The predicted molar refractivity (Wildman–Crippen MR) is 117 cm³/mol. The van der Waals surface area contributed by atoms with Gasteiger partial charge in [0.1, 0.15) is 23.2 Å². The van der Waals surface area contributed by atoms with E-state index in [1.165, 1.54) is 33.3 Å². The highest BCUT2D eigenvalue weighted by Gasteiger charge is 2.31. The summed E-state index contributed by atoms with van der Waals surface area (Å²) in [5, 5.41) is 20.1. The van der Waals surface area contributed by atoms with Gasteiger partial charge in [0.25, 0.3) is 0 Å². The fraction of sp³-hybridized carbons (Fsp3) is 0.417. The summed E-state index contributed by atoms with van der Waals surface area (Å²) in [5.74, 6) is -1.25. The summed E-state index contributed by atoms with van der Waals surface area (Å²) in [4.78, 5) is 24.5. The molecule has 174 valence electrons. The molecule has 2 aromatic rings. The van der Waals surface area contributed by atoms with Crippen LogP contribution in [0, 0.1) is 12.8 Å². The maximum absolute atomic E-state index is 12.7. The molecule has 2 N–H and O–H groups in total. The first-order chi connectivity index (χ1) is 15.2. The molecule has 0 heterocycles. The van der Waals surface area contributed by atoms with E-state index in [1.807, 2.05) is 13.8 Å². The first-order valence-corrected chi connectivity index (χ1v) is 10.3. The summed E-state index contributed by atoms with van der Waals surface area (Å²) >= 11 is 0. The van der Waals surface area contributed by atoms with Crippen LogP contribution >= 0.6 is 0 Å². The number of carbonyl (C=O) groups is 2. The number of aromatic hydroxyl groups is 1. The Hall–Kier alpha value is -3.26. The Kier molecular flexibility index (Phi) is 8.48. The molecule has 0 fully saturated rings. The molecule has 2 aromatic carbocycles. The normalized spacial score (nSPS) is 12.6. The van der Waals surface area contributed by atoms with E-state index in [2.05, 4.69) is 0 Å². The van der Waals surface area contributed by atoms with E-state index in [4.69, 9.17) is 18.9 Å². The van der Waals surface area contributed by atoms with Crippen molar-refractivity contribution in [1.82, 2.24) is 0 Å². The second-order valence-electron chi connectivity index (χ2n) is 7.50. The van der Waals surface area contributed by atoms with Crippen LogP contribution in [-0.2, 0) is 20.9 Å². The van der Waals surface area contributed by atoms with Gasteiger partial charge in [-0.3, -0.25) is 4.79 Å². The predicted octanol–water partition coefficient (Wildman–Crippen LogP) is 4.43. The van der Waals surface area contributed by atoms with Gasteiger partial charge in [-0.15, -0.1) is 0 Å². The number of hydrogen-bond acceptors (Lipinski definition) is 8. The lowest BCUT2D eigenvalue weighted by Gasteiger charge is -2.26. The minimum atomic E-state index is -0.735. The van der Waals surface area contributed by atoms with Gasteiger partial charge in [-0.05, 0) is 49.1 Å². The van der Waals surface area contributed by atoms with Crippen molar-refractivity contribution >= 4 is 11.9 Å². The average molecular weight is 446 g/mol. The van der Waals surface area contributed by atoms with Crippen molar-refractivity contribution < 1.29 is 38.7 Å². The number of rotatable bonds is 9. The Bertz CT molecular complexity index is 982. The zero-order valence-electron chi connectivity index (χ0n) is 19.2. The topological polar surface area (TPSA) is 112 Å². The molecule has 0 bridgehead atoms. The lowest BCUT2D eigenvalue weighted by Crippen LogP contribution is -2.18. The van der Waals surface area contributed by atoms with Gasteiger partial charge < -0.3 is 29.2 Å². The van der Waals surface area contributed by atoms with Crippen LogP contribution in [0.15, 0.2) is 24.3 Å². The van der Waals surface area contributed by atoms with Gasteiger partial charge >= 0.3 is 11.9 Å². The van der Waals surface area contributed by atoms with E-state index in [1.54, 1.807) is 19.1 Å². The molecule has 0 spiro atoms. The fourth-order valence-corrected chi connectivity index (χ4v) is 3.46. The van der Waals surface area contributed by atoms with Crippen molar-refractivity contribution in [3.63, 3.8) is 0 Å². The van der Waals surface area contributed by atoms with E-state index < -0.39 is 18.0 Å². The first-order valence-electron chi connectivity index (χ1n) is 10.3. The zero-order chi connectivity index (χ0) is 24.0.